The van der Waals surface area contributed by atoms with E-state index in [4.69, 9.17) is 4.74 Å². The fourth-order valence-electron chi connectivity index (χ4n) is 2.97. The Balaban J connectivity index is 1.99. The van der Waals surface area contributed by atoms with E-state index in [0.717, 1.165) is 0 Å². The van der Waals surface area contributed by atoms with Gasteiger partial charge >= 0.3 is 5.97 Å². The lowest BCUT2D eigenvalue weighted by atomic mass is 10.1. The molecule has 172 valence electrons. The second-order valence-corrected chi connectivity index (χ2v) is 6.90. The van der Waals surface area contributed by atoms with Crippen LogP contribution in [0, 0.1) is 10.1 Å². The number of nitro benzene ring substituents is 1. The molecular formula is C24H19N3O7. The van der Waals surface area contributed by atoms with Gasteiger partial charge in [-0.25, -0.2) is 4.79 Å². The molecule has 0 spiro atoms. The molecule has 0 radical (unpaired) electrons. The summed E-state index contributed by atoms with van der Waals surface area (Å²) in [6, 6.07) is 17.6. The van der Waals surface area contributed by atoms with Gasteiger partial charge in [0.2, 0.25) is 0 Å². The van der Waals surface area contributed by atoms with Crippen LogP contribution in [0.3, 0.4) is 0 Å². The maximum Gasteiger partial charge on any atom is 0.335 e. The van der Waals surface area contributed by atoms with Crippen molar-refractivity contribution in [3.8, 4) is 5.75 Å². The van der Waals surface area contributed by atoms with Crippen LogP contribution in [-0.2, 0) is 4.79 Å². The van der Waals surface area contributed by atoms with Gasteiger partial charge in [-0.15, -0.1) is 0 Å². The predicted octanol–water partition coefficient (Wildman–Crippen LogP) is 3.71. The van der Waals surface area contributed by atoms with Gasteiger partial charge in [0.25, 0.3) is 17.5 Å². The smallest absolute Gasteiger partial charge is 0.335 e. The van der Waals surface area contributed by atoms with Crippen molar-refractivity contribution in [1.29, 1.82) is 0 Å². The second kappa shape index (κ2) is 10.6. The van der Waals surface area contributed by atoms with Crippen LogP contribution in [0.1, 0.15) is 26.3 Å². The Bertz CT molecular complexity index is 1290. The standard InChI is InChI=1S/C24H19N3O7/c1-34-21-11-10-17(24(30)31)14-19(21)25-23(29)20(26-22(28)16-7-3-2-4-8-16)13-15-6-5-9-18(12-15)27(32)33/h2-14H,1H3,(H,25,29)(H,26,28)(H,30,31)/b20-13-. The number of methoxy groups -OCH3 is 1. The number of amides is 2. The molecule has 3 rings (SSSR count). The molecule has 3 N–H and O–H groups in total. The molecule has 0 aliphatic rings. The lowest BCUT2D eigenvalue weighted by molar-refractivity contribution is -0.384. The maximum absolute atomic E-state index is 13.1. The van der Waals surface area contributed by atoms with E-state index in [9.17, 15) is 29.6 Å². The van der Waals surface area contributed by atoms with E-state index in [1.807, 2.05) is 0 Å². The predicted molar refractivity (Wildman–Crippen MR) is 124 cm³/mol. The van der Waals surface area contributed by atoms with Gasteiger partial charge in [0, 0.05) is 17.7 Å². The Labute approximate surface area is 193 Å². The van der Waals surface area contributed by atoms with Crippen LogP contribution in [0.5, 0.6) is 5.75 Å². The summed E-state index contributed by atoms with van der Waals surface area (Å²) in [6.07, 6.45) is 1.27. The number of rotatable bonds is 8. The molecule has 0 fully saturated rings. The van der Waals surface area contributed by atoms with Crippen molar-refractivity contribution < 1.29 is 29.2 Å². The number of hydrogen-bond donors (Lipinski definition) is 3. The Hall–Kier alpha value is -4.99. The lowest BCUT2D eigenvalue weighted by Crippen LogP contribution is -2.30. The third kappa shape index (κ3) is 5.82. The van der Waals surface area contributed by atoms with Crippen LogP contribution in [0.2, 0.25) is 0 Å². The summed E-state index contributed by atoms with van der Waals surface area (Å²) in [7, 11) is 1.35. The van der Waals surface area contributed by atoms with Crippen LogP contribution >= 0.6 is 0 Å². The van der Waals surface area contributed by atoms with Crippen LogP contribution < -0.4 is 15.4 Å². The fraction of sp³-hybridized carbons (Fsp3) is 0.0417. The average Bonchev–Trinajstić information content (AvgIpc) is 2.84. The molecule has 0 aliphatic heterocycles. The number of benzene rings is 3. The van der Waals surface area contributed by atoms with Crippen molar-refractivity contribution in [3.05, 3.63) is 105 Å². The molecule has 0 unspecified atom stereocenters. The average molecular weight is 461 g/mol. The molecule has 0 heterocycles. The third-order valence-electron chi connectivity index (χ3n) is 4.62. The quantitative estimate of drug-likeness (QED) is 0.263. The van der Waals surface area contributed by atoms with Crippen LogP contribution in [0.25, 0.3) is 6.08 Å². The molecule has 3 aromatic carbocycles. The molecule has 0 bridgehead atoms. The number of nitrogens with one attached hydrogen (secondary N) is 2. The van der Waals surface area contributed by atoms with Gasteiger partial charge in [0.15, 0.2) is 0 Å². The first-order chi connectivity index (χ1) is 16.3. The highest BCUT2D eigenvalue weighted by Gasteiger charge is 2.18. The SMILES string of the molecule is COc1ccc(C(=O)O)cc1NC(=O)/C(=C/c1cccc([N+](=O)[O-])c1)NC(=O)c1ccccc1. The molecule has 0 aromatic heterocycles. The zero-order valence-corrected chi connectivity index (χ0v) is 17.8. The van der Waals surface area contributed by atoms with Gasteiger partial charge in [0.05, 0.1) is 23.3 Å². The van der Waals surface area contributed by atoms with Crippen molar-refractivity contribution >= 4 is 35.2 Å². The molecule has 3 aromatic rings. The first kappa shape index (κ1) is 23.7. The number of non-ortho nitro benzene ring substituents is 1. The summed E-state index contributed by atoms with van der Waals surface area (Å²) >= 11 is 0. The van der Waals surface area contributed by atoms with E-state index in [-0.39, 0.29) is 33.9 Å². The summed E-state index contributed by atoms with van der Waals surface area (Å²) in [4.78, 5) is 47.7. The van der Waals surface area contributed by atoms with Crippen molar-refractivity contribution in [2.45, 2.75) is 0 Å². The molecule has 2 amide bonds. The summed E-state index contributed by atoms with van der Waals surface area (Å²) in [5.74, 6) is -2.39. The molecule has 0 atom stereocenters. The van der Waals surface area contributed by atoms with E-state index in [1.165, 1.54) is 55.7 Å². The minimum absolute atomic E-state index is 0.0614. The highest BCUT2D eigenvalue weighted by molar-refractivity contribution is 6.11. The van der Waals surface area contributed by atoms with Crippen LogP contribution in [0.15, 0.2) is 78.5 Å². The molecule has 0 saturated carbocycles. The Morgan fingerprint density at radius 2 is 1.71 bits per heavy atom. The van der Waals surface area contributed by atoms with Gasteiger partial charge in [-0.05, 0) is 42.0 Å². The summed E-state index contributed by atoms with van der Waals surface area (Å²) in [5.41, 5.74) is 0.125. The Morgan fingerprint density at radius 1 is 0.971 bits per heavy atom. The van der Waals surface area contributed by atoms with E-state index in [1.54, 1.807) is 30.3 Å². The van der Waals surface area contributed by atoms with Crippen LogP contribution in [-0.4, -0.2) is 34.9 Å². The normalized spacial score (nSPS) is 10.8. The van der Waals surface area contributed by atoms with E-state index >= 15 is 0 Å². The highest BCUT2D eigenvalue weighted by Crippen LogP contribution is 2.26. The number of carbonyl (C=O) groups is 3. The number of nitro groups is 1. The van der Waals surface area contributed by atoms with Crippen molar-refractivity contribution in [1.82, 2.24) is 5.32 Å². The molecule has 34 heavy (non-hydrogen) atoms. The fourth-order valence-corrected chi connectivity index (χ4v) is 2.97. The second-order valence-electron chi connectivity index (χ2n) is 6.90. The number of carboxylic acid groups (broad SMARTS) is 1. The molecule has 10 heteroatoms. The van der Waals surface area contributed by atoms with Crippen molar-refractivity contribution in [2.75, 3.05) is 12.4 Å². The van der Waals surface area contributed by atoms with Crippen LogP contribution in [0.4, 0.5) is 11.4 Å². The number of carboxylic acids is 1. The molecule has 0 saturated heterocycles. The zero-order chi connectivity index (χ0) is 24.7. The lowest BCUT2D eigenvalue weighted by Gasteiger charge is -2.14. The number of anilines is 1. The van der Waals surface area contributed by atoms with Gasteiger partial charge in [-0.2, -0.15) is 0 Å². The maximum atomic E-state index is 13.1. The van der Waals surface area contributed by atoms with Gasteiger partial charge < -0.3 is 20.5 Å². The van der Waals surface area contributed by atoms with E-state index in [0.29, 0.717) is 5.56 Å². The summed E-state index contributed by atoms with van der Waals surface area (Å²) < 4.78 is 5.18. The number of nitrogens with zero attached hydrogens (tertiary/aromatic N) is 1. The number of aromatic carboxylic acids is 1. The van der Waals surface area contributed by atoms with Gasteiger partial charge in [-0.1, -0.05) is 30.3 Å². The molecular weight excluding hydrogens is 442 g/mol. The number of carbonyl (C=O) groups excluding carboxylic acids is 2. The van der Waals surface area contributed by atoms with Gasteiger partial charge in [-0.3, -0.25) is 19.7 Å². The van der Waals surface area contributed by atoms with E-state index in [2.05, 4.69) is 10.6 Å². The Kier molecular flexibility index (Phi) is 7.34. The monoisotopic (exact) mass is 461 g/mol. The minimum atomic E-state index is -1.21. The third-order valence-corrected chi connectivity index (χ3v) is 4.62. The topological polar surface area (TPSA) is 148 Å². The Morgan fingerprint density at radius 3 is 2.35 bits per heavy atom. The van der Waals surface area contributed by atoms with Crippen molar-refractivity contribution in [2.24, 2.45) is 0 Å². The summed E-state index contributed by atoms with van der Waals surface area (Å²) in [5, 5.41) is 25.4. The van der Waals surface area contributed by atoms with Gasteiger partial charge in [0.1, 0.15) is 11.4 Å². The molecule has 0 aliphatic carbocycles. The number of ether oxygens (including phenoxy) is 1. The first-order valence-corrected chi connectivity index (χ1v) is 9.83. The molecule has 10 nitrogen and oxygen atoms in total. The minimum Gasteiger partial charge on any atom is -0.495 e. The van der Waals surface area contributed by atoms with Crippen molar-refractivity contribution in [3.63, 3.8) is 0 Å². The largest absolute Gasteiger partial charge is 0.495 e. The summed E-state index contributed by atoms with van der Waals surface area (Å²) in [6.45, 7) is 0. The number of hydrogen-bond acceptors (Lipinski definition) is 6. The first-order valence-electron chi connectivity index (χ1n) is 9.83. The highest BCUT2D eigenvalue weighted by atomic mass is 16.6. The zero-order valence-electron chi connectivity index (χ0n) is 17.8. The van der Waals surface area contributed by atoms with E-state index < -0.39 is 22.7 Å².